The van der Waals surface area contributed by atoms with Gasteiger partial charge in [0.15, 0.2) is 0 Å². The molecule has 22 heavy (non-hydrogen) atoms. The molecule has 0 aliphatic heterocycles. The van der Waals surface area contributed by atoms with E-state index in [2.05, 4.69) is 10.3 Å². The Kier molecular flexibility index (Phi) is 4.06. The summed E-state index contributed by atoms with van der Waals surface area (Å²) in [7, 11) is 1.94. The lowest BCUT2D eigenvalue weighted by atomic mass is 10.0. The van der Waals surface area contributed by atoms with E-state index in [1.807, 2.05) is 66.5 Å². The molecule has 1 aromatic carbocycles. The lowest BCUT2D eigenvalue weighted by molar-refractivity contribution is 0.0945. The molecule has 2 heterocycles. The normalized spacial score (nSPS) is 12.1. The fourth-order valence-corrected chi connectivity index (χ4v) is 3.08. The van der Waals surface area contributed by atoms with Crippen molar-refractivity contribution in [3.05, 3.63) is 76.0 Å². The van der Waals surface area contributed by atoms with E-state index < -0.39 is 0 Å². The number of thiophene rings is 1. The van der Waals surface area contributed by atoms with Crippen molar-refractivity contribution in [3.8, 4) is 0 Å². The Balaban J connectivity index is 1.99. The van der Waals surface area contributed by atoms with Gasteiger partial charge in [0.1, 0.15) is 11.9 Å². The van der Waals surface area contributed by atoms with Crippen LogP contribution in [0.2, 0.25) is 0 Å². The van der Waals surface area contributed by atoms with E-state index in [4.69, 9.17) is 0 Å². The first-order valence-corrected chi connectivity index (χ1v) is 7.92. The molecule has 0 saturated carbocycles. The zero-order valence-electron chi connectivity index (χ0n) is 12.5. The van der Waals surface area contributed by atoms with E-state index >= 15 is 0 Å². The van der Waals surface area contributed by atoms with Gasteiger partial charge >= 0.3 is 0 Å². The van der Waals surface area contributed by atoms with Crippen molar-refractivity contribution in [2.45, 2.75) is 13.0 Å². The summed E-state index contributed by atoms with van der Waals surface area (Å²) < 4.78 is 1.94. The second kappa shape index (κ2) is 6.15. The van der Waals surface area contributed by atoms with Gasteiger partial charge in [-0.3, -0.25) is 4.79 Å². The first kappa shape index (κ1) is 14.5. The van der Waals surface area contributed by atoms with Crippen molar-refractivity contribution in [2.75, 3.05) is 0 Å². The molecule has 1 N–H and O–H groups in total. The van der Waals surface area contributed by atoms with E-state index in [0.717, 1.165) is 17.0 Å². The highest BCUT2D eigenvalue weighted by Crippen LogP contribution is 2.24. The highest BCUT2D eigenvalue weighted by Gasteiger charge is 2.22. The van der Waals surface area contributed by atoms with Crippen LogP contribution in [-0.2, 0) is 7.05 Å². The molecule has 1 unspecified atom stereocenters. The number of rotatable bonds is 4. The summed E-state index contributed by atoms with van der Waals surface area (Å²) in [5.41, 5.74) is 2.18. The molecule has 0 bridgehead atoms. The SMILES string of the molecule is Cc1ccccc1C(NC(=O)c1cccs1)c1nccn1C. The van der Waals surface area contributed by atoms with Crippen LogP contribution in [0.3, 0.4) is 0 Å². The van der Waals surface area contributed by atoms with Crippen LogP contribution in [0.15, 0.2) is 54.2 Å². The zero-order chi connectivity index (χ0) is 15.5. The van der Waals surface area contributed by atoms with E-state index in [1.165, 1.54) is 11.3 Å². The molecule has 5 heteroatoms. The summed E-state index contributed by atoms with van der Waals surface area (Å²) in [6, 6.07) is 11.5. The number of benzene rings is 1. The maximum absolute atomic E-state index is 12.5. The second-order valence-electron chi connectivity index (χ2n) is 5.14. The minimum absolute atomic E-state index is 0.0775. The molecular formula is C17H17N3OS. The lowest BCUT2D eigenvalue weighted by Gasteiger charge is -2.20. The molecule has 4 nitrogen and oxygen atoms in total. The number of imidazole rings is 1. The molecule has 1 atom stereocenters. The topological polar surface area (TPSA) is 46.9 Å². The predicted molar refractivity (Wildman–Crippen MR) is 88.0 cm³/mol. The van der Waals surface area contributed by atoms with Gasteiger partial charge in [0.2, 0.25) is 0 Å². The smallest absolute Gasteiger partial charge is 0.262 e. The van der Waals surface area contributed by atoms with E-state index in [9.17, 15) is 4.79 Å². The molecular weight excluding hydrogens is 294 g/mol. The number of carbonyl (C=O) groups is 1. The number of aryl methyl sites for hydroxylation is 2. The van der Waals surface area contributed by atoms with Crippen molar-refractivity contribution < 1.29 is 4.79 Å². The van der Waals surface area contributed by atoms with Gasteiger partial charge in [0.05, 0.1) is 4.88 Å². The maximum atomic E-state index is 12.5. The molecule has 0 aliphatic rings. The summed E-state index contributed by atoms with van der Waals surface area (Å²) in [5.74, 6) is 0.741. The Morgan fingerprint density at radius 3 is 2.73 bits per heavy atom. The summed E-state index contributed by atoms with van der Waals surface area (Å²) in [5, 5.41) is 5.01. The van der Waals surface area contributed by atoms with Gasteiger partial charge in [-0.25, -0.2) is 4.98 Å². The molecule has 0 aliphatic carbocycles. The van der Waals surface area contributed by atoms with Crippen molar-refractivity contribution in [1.29, 1.82) is 0 Å². The lowest BCUT2D eigenvalue weighted by Crippen LogP contribution is -2.31. The van der Waals surface area contributed by atoms with Crippen molar-refractivity contribution in [2.24, 2.45) is 7.05 Å². The van der Waals surface area contributed by atoms with Gasteiger partial charge in [-0.05, 0) is 29.5 Å². The molecule has 0 spiro atoms. The average Bonchev–Trinajstić information content (AvgIpc) is 3.17. The number of hydrogen-bond donors (Lipinski definition) is 1. The van der Waals surface area contributed by atoms with Crippen LogP contribution in [0, 0.1) is 6.92 Å². The van der Waals surface area contributed by atoms with Crippen LogP contribution in [0.25, 0.3) is 0 Å². The quantitative estimate of drug-likeness (QED) is 0.803. The highest BCUT2D eigenvalue weighted by atomic mass is 32.1. The van der Waals surface area contributed by atoms with Gasteiger partial charge in [-0.15, -0.1) is 11.3 Å². The number of aromatic nitrogens is 2. The Hall–Kier alpha value is -2.40. The van der Waals surface area contributed by atoms with Crippen molar-refractivity contribution in [3.63, 3.8) is 0 Å². The molecule has 0 saturated heterocycles. The van der Waals surface area contributed by atoms with Crippen molar-refractivity contribution >= 4 is 17.2 Å². The van der Waals surface area contributed by atoms with Crippen LogP contribution in [0.5, 0.6) is 0 Å². The molecule has 2 aromatic heterocycles. The third-order valence-corrected chi connectivity index (χ3v) is 4.51. The number of amides is 1. The van der Waals surface area contributed by atoms with E-state index in [1.54, 1.807) is 6.20 Å². The second-order valence-corrected chi connectivity index (χ2v) is 6.08. The standard InChI is InChI=1S/C17H17N3OS/c1-12-6-3-4-7-13(12)15(16-18-9-10-20(16)2)19-17(21)14-8-5-11-22-14/h3-11,15H,1-2H3,(H,19,21). The van der Waals surface area contributed by atoms with E-state index in [-0.39, 0.29) is 11.9 Å². The molecule has 3 aromatic rings. The van der Waals surface area contributed by atoms with Crippen LogP contribution in [-0.4, -0.2) is 15.5 Å². The minimum Gasteiger partial charge on any atom is -0.337 e. The highest BCUT2D eigenvalue weighted by molar-refractivity contribution is 7.12. The number of nitrogens with one attached hydrogen (secondary N) is 1. The van der Waals surface area contributed by atoms with Crippen LogP contribution >= 0.6 is 11.3 Å². The third-order valence-electron chi connectivity index (χ3n) is 3.64. The van der Waals surface area contributed by atoms with Gasteiger partial charge in [0, 0.05) is 19.4 Å². The molecule has 0 radical (unpaired) electrons. The summed E-state index contributed by atoms with van der Waals surface area (Å²) in [6.07, 6.45) is 3.63. The van der Waals surface area contributed by atoms with Gasteiger partial charge in [0.25, 0.3) is 5.91 Å². The largest absolute Gasteiger partial charge is 0.337 e. The molecule has 112 valence electrons. The third kappa shape index (κ3) is 2.80. The predicted octanol–water partition coefficient (Wildman–Crippen LogP) is 3.31. The molecule has 3 rings (SSSR count). The van der Waals surface area contributed by atoms with Gasteiger partial charge < -0.3 is 9.88 Å². The zero-order valence-corrected chi connectivity index (χ0v) is 13.3. The first-order valence-electron chi connectivity index (χ1n) is 7.04. The van der Waals surface area contributed by atoms with Crippen LogP contribution in [0.4, 0.5) is 0 Å². The first-order chi connectivity index (χ1) is 10.7. The molecule has 1 amide bonds. The Bertz CT molecular complexity index is 777. The number of nitrogens with zero attached hydrogens (tertiary/aromatic N) is 2. The number of hydrogen-bond acceptors (Lipinski definition) is 3. The monoisotopic (exact) mass is 311 g/mol. The summed E-state index contributed by atoms with van der Waals surface area (Å²) in [6.45, 7) is 2.04. The average molecular weight is 311 g/mol. The number of carbonyl (C=O) groups excluding carboxylic acids is 1. The van der Waals surface area contributed by atoms with Crippen LogP contribution < -0.4 is 5.32 Å². The van der Waals surface area contributed by atoms with Gasteiger partial charge in [-0.2, -0.15) is 0 Å². The molecule has 0 fully saturated rings. The fraction of sp³-hybridized carbons (Fsp3) is 0.176. The minimum atomic E-state index is -0.268. The maximum Gasteiger partial charge on any atom is 0.262 e. The summed E-state index contributed by atoms with van der Waals surface area (Å²) in [4.78, 5) is 17.6. The van der Waals surface area contributed by atoms with Crippen molar-refractivity contribution in [1.82, 2.24) is 14.9 Å². The van der Waals surface area contributed by atoms with Gasteiger partial charge in [-0.1, -0.05) is 30.3 Å². The Labute approximate surface area is 133 Å². The Morgan fingerprint density at radius 1 is 1.27 bits per heavy atom. The van der Waals surface area contributed by atoms with Crippen LogP contribution in [0.1, 0.15) is 32.7 Å². The fourth-order valence-electron chi connectivity index (χ4n) is 2.46. The Morgan fingerprint density at radius 2 is 2.09 bits per heavy atom. The summed E-state index contributed by atoms with van der Waals surface area (Å²) >= 11 is 1.43. The van der Waals surface area contributed by atoms with E-state index in [0.29, 0.717) is 4.88 Å².